The zero-order valence-electron chi connectivity index (χ0n) is 13.1. The number of benzene rings is 2. The molecule has 5 heteroatoms. The lowest BCUT2D eigenvalue weighted by Gasteiger charge is -2.29. The zero-order valence-corrected chi connectivity index (χ0v) is 13.1. The van der Waals surface area contributed by atoms with Crippen molar-refractivity contribution < 1.29 is 18.0 Å². The van der Waals surface area contributed by atoms with Crippen LogP contribution in [-0.4, -0.2) is 12.5 Å². The SMILES string of the molecule is O=C(CCc1ccc(C(F)(F)F)cc1)N1CCCc2ccccc21. The second-order valence-electron chi connectivity index (χ2n) is 5.97. The van der Waals surface area contributed by atoms with Crippen LogP contribution in [0.2, 0.25) is 0 Å². The number of hydrogen-bond donors (Lipinski definition) is 0. The highest BCUT2D eigenvalue weighted by molar-refractivity contribution is 5.94. The molecule has 1 heterocycles. The summed E-state index contributed by atoms with van der Waals surface area (Å²) in [6, 6.07) is 12.9. The van der Waals surface area contributed by atoms with E-state index in [1.807, 2.05) is 24.3 Å². The summed E-state index contributed by atoms with van der Waals surface area (Å²) in [7, 11) is 0. The summed E-state index contributed by atoms with van der Waals surface area (Å²) in [4.78, 5) is 14.3. The van der Waals surface area contributed by atoms with E-state index in [9.17, 15) is 18.0 Å². The Kier molecular flexibility index (Phi) is 4.60. The first-order valence-electron chi connectivity index (χ1n) is 7.99. The number of carbonyl (C=O) groups is 1. The number of fused-ring (bicyclic) bond motifs is 1. The van der Waals surface area contributed by atoms with E-state index in [1.54, 1.807) is 4.90 Å². The van der Waals surface area contributed by atoms with Crippen molar-refractivity contribution in [3.63, 3.8) is 0 Å². The molecule has 0 N–H and O–H groups in total. The van der Waals surface area contributed by atoms with Crippen LogP contribution in [0.15, 0.2) is 48.5 Å². The predicted molar refractivity (Wildman–Crippen MR) is 86.9 cm³/mol. The minimum atomic E-state index is -4.33. The molecule has 0 bridgehead atoms. The van der Waals surface area contributed by atoms with E-state index in [0.29, 0.717) is 19.4 Å². The molecule has 126 valence electrons. The molecule has 1 amide bonds. The molecule has 0 aromatic heterocycles. The van der Waals surface area contributed by atoms with Gasteiger partial charge in [0.05, 0.1) is 5.56 Å². The van der Waals surface area contributed by atoms with Crippen LogP contribution in [0.3, 0.4) is 0 Å². The van der Waals surface area contributed by atoms with E-state index in [1.165, 1.54) is 17.7 Å². The summed E-state index contributed by atoms with van der Waals surface area (Å²) in [5, 5.41) is 0. The molecule has 0 fully saturated rings. The lowest BCUT2D eigenvalue weighted by atomic mass is 10.0. The number of para-hydroxylation sites is 1. The average molecular weight is 333 g/mol. The second-order valence-corrected chi connectivity index (χ2v) is 5.97. The fourth-order valence-electron chi connectivity index (χ4n) is 3.04. The molecule has 24 heavy (non-hydrogen) atoms. The number of rotatable bonds is 3. The standard InChI is InChI=1S/C19H18F3NO/c20-19(21,22)16-10-7-14(8-11-16)9-12-18(24)23-13-3-5-15-4-1-2-6-17(15)23/h1-2,4,6-8,10-11H,3,5,9,12-13H2. The van der Waals surface area contributed by atoms with Gasteiger partial charge in [-0.3, -0.25) is 4.79 Å². The molecule has 3 rings (SSSR count). The molecule has 2 aromatic carbocycles. The third kappa shape index (κ3) is 3.61. The predicted octanol–water partition coefficient (Wildman–Crippen LogP) is 4.62. The maximum atomic E-state index is 12.6. The van der Waals surface area contributed by atoms with Crippen LogP contribution in [0, 0.1) is 0 Å². The van der Waals surface area contributed by atoms with E-state index in [-0.39, 0.29) is 5.91 Å². The van der Waals surface area contributed by atoms with E-state index < -0.39 is 11.7 Å². The number of alkyl halides is 3. The maximum absolute atomic E-state index is 12.6. The topological polar surface area (TPSA) is 20.3 Å². The molecule has 2 aromatic rings. The van der Waals surface area contributed by atoms with Crippen molar-refractivity contribution in [1.82, 2.24) is 0 Å². The molecule has 0 atom stereocenters. The summed E-state index contributed by atoms with van der Waals surface area (Å²) in [6.07, 6.45) is -1.69. The Balaban J connectivity index is 1.64. The number of halogens is 3. The quantitative estimate of drug-likeness (QED) is 0.803. The van der Waals surface area contributed by atoms with Crippen LogP contribution < -0.4 is 4.90 Å². The second kappa shape index (κ2) is 6.67. The summed E-state index contributed by atoms with van der Waals surface area (Å²) in [5.74, 6) is 0.0158. The van der Waals surface area contributed by atoms with Gasteiger partial charge in [-0.1, -0.05) is 30.3 Å². The third-order valence-corrected chi connectivity index (χ3v) is 4.32. The monoisotopic (exact) mass is 333 g/mol. The molecule has 0 spiro atoms. The Bertz CT molecular complexity index is 722. The minimum absolute atomic E-state index is 0.0158. The molecular formula is C19H18F3NO. The lowest BCUT2D eigenvalue weighted by Crippen LogP contribution is -2.35. The summed E-state index contributed by atoms with van der Waals surface area (Å²) < 4.78 is 37.7. The first kappa shape index (κ1) is 16.6. The van der Waals surface area contributed by atoms with Crippen molar-refractivity contribution in [2.45, 2.75) is 31.9 Å². The first-order chi connectivity index (χ1) is 11.4. The molecule has 1 aliphatic rings. The maximum Gasteiger partial charge on any atom is 0.416 e. The smallest absolute Gasteiger partial charge is 0.312 e. The molecule has 0 saturated heterocycles. The van der Waals surface area contributed by atoms with Gasteiger partial charge in [0, 0.05) is 18.7 Å². The Morgan fingerprint density at radius 3 is 2.46 bits per heavy atom. The minimum Gasteiger partial charge on any atom is -0.312 e. The summed E-state index contributed by atoms with van der Waals surface area (Å²) >= 11 is 0. The lowest BCUT2D eigenvalue weighted by molar-refractivity contribution is -0.137. The van der Waals surface area contributed by atoms with Crippen molar-refractivity contribution >= 4 is 11.6 Å². The van der Waals surface area contributed by atoms with Gasteiger partial charge in [-0.05, 0) is 48.6 Å². The van der Waals surface area contributed by atoms with Crippen LogP contribution in [0.5, 0.6) is 0 Å². The molecule has 2 nitrogen and oxygen atoms in total. The molecule has 0 saturated carbocycles. The van der Waals surface area contributed by atoms with Crippen LogP contribution in [-0.2, 0) is 23.8 Å². The van der Waals surface area contributed by atoms with E-state index in [2.05, 4.69) is 0 Å². The van der Waals surface area contributed by atoms with Crippen molar-refractivity contribution in [1.29, 1.82) is 0 Å². The number of carbonyl (C=O) groups excluding carboxylic acids is 1. The summed E-state index contributed by atoms with van der Waals surface area (Å²) in [6.45, 7) is 0.697. The largest absolute Gasteiger partial charge is 0.416 e. The van der Waals surface area contributed by atoms with Crippen LogP contribution in [0.1, 0.15) is 29.5 Å². The molecule has 0 aliphatic carbocycles. The van der Waals surface area contributed by atoms with Gasteiger partial charge in [0.1, 0.15) is 0 Å². The average Bonchev–Trinajstić information content (AvgIpc) is 2.59. The molecular weight excluding hydrogens is 315 g/mol. The fourth-order valence-corrected chi connectivity index (χ4v) is 3.04. The van der Waals surface area contributed by atoms with Gasteiger partial charge in [-0.25, -0.2) is 0 Å². The number of aryl methyl sites for hydroxylation is 2. The molecule has 0 radical (unpaired) electrons. The van der Waals surface area contributed by atoms with Gasteiger partial charge >= 0.3 is 6.18 Å². The van der Waals surface area contributed by atoms with Crippen LogP contribution >= 0.6 is 0 Å². The number of hydrogen-bond acceptors (Lipinski definition) is 1. The normalized spacial score (nSPS) is 14.4. The Morgan fingerprint density at radius 1 is 1.04 bits per heavy atom. The highest BCUT2D eigenvalue weighted by Gasteiger charge is 2.30. The van der Waals surface area contributed by atoms with Gasteiger partial charge in [0.15, 0.2) is 0 Å². The number of amides is 1. The van der Waals surface area contributed by atoms with Gasteiger partial charge in [0.25, 0.3) is 0 Å². The van der Waals surface area contributed by atoms with E-state index in [4.69, 9.17) is 0 Å². The third-order valence-electron chi connectivity index (χ3n) is 4.32. The van der Waals surface area contributed by atoms with Crippen molar-refractivity contribution in [2.75, 3.05) is 11.4 Å². The van der Waals surface area contributed by atoms with E-state index >= 15 is 0 Å². The van der Waals surface area contributed by atoms with Gasteiger partial charge in [-0.15, -0.1) is 0 Å². The number of anilines is 1. The fraction of sp³-hybridized carbons (Fsp3) is 0.316. The Labute approximate surface area is 138 Å². The first-order valence-corrected chi connectivity index (χ1v) is 7.99. The van der Waals surface area contributed by atoms with Gasteiger partial charge < -0.3 is 4.90 Å². The van der Waals surface area contributed by atoms with Crippen molar-refractivity contribution in [3.8, 4) is 0 Å². The van der Waals surface area contributed by atoms with Gasteiger partial charge in [-0.2, -0.15) is 13.2 Å². The number of nitrogens with zero attached hydrogens (tertiary/aromatic N) is 1. The molecule has 1 aliphatic heterocycles. The molecule has 0 unspecified atom stereocenters. The van der Waals surface area contributed by atoms with Crippen molar-refractivity contribution in [3.05, 3.63) is 65.2 Å². The van der Waals surface area contributed by atoms with Crippen LogP contribution in [0.25, 0.3) is 0 Å². The highest BCUT2D eigenvalue weighted by Crippen LogP contribution is 2.30. The highest BCUT2D eigenvalue weighted by atomic mass is 19.4. The summed E-state index contributed by atoms with van der Waals surface area (Å²) in [5.41, 5.74) is 2.21. The van der Waals surface area contributed by atoms with E-state index in [0.717, 1.165) is 36.2 Å². The zero-order chi connectivity index (χ0) is 17.2. The van der Waals surface area contributed by atoms with Crippen molar-refractivity contribution in [2.24, 2.45) is 0 Å². The Morgan fingerprint density at radius 2 is 1.75 bits per heavy atom. The van der Waals surface area contributed by atoms with Crippen LogP contribution in [0.4, 0.5) is 18.9 Å². The van der Waals surface area contributed by atoms with Gasteiger partial charge in [0.2, 0.25) is 5.91 Å². The Hall–Kier alpha value is -2.30.